The molecule has 1 N–H and O–H groups in total. The number of carbonyl (C=O) groups is 1. The number of anilines is 1. The van der Waals surface area contributed by atoms with Gasteiger partial charge < -0.3 is 9.72 Å². The molecule has 4 nitrogen and oxygen atoms in total. The number of hydrogen-bond donors (Lipinski definition) is 1. The molecule has 29 heavy (non-hydrogen) atoms. The third-order valence-corrected chi connectivity index (χ3v) is 5.07. The van der Waals surface area contributed by atoms with Crippen LogP contribution in [0.15, 0.2) is 73.1 Å². The van der Waals surface area contributed by atoms with Crippen LogP contribution in [0.25, 0.3) is 23.0 Å². The number of hydrogen-bond acceptors (Lipinski definition) is 2. The lowest BCUT2D eigenvalue weighted by molar-refractivity contribution is -0.111. The maximum Gasteiger partial charge on any atom is 0.248 e. The highest BCUT2D eigenvalue weighted by Gasteiger charge is 2.09. The van der Waals surface area contributed by atoms with Crippen molar-refractivity contribution in [2.45, 2.75) is 13.8 Å². The number of nitrogens with one attached hydrogen (secondary N) is 1. The van der Waals surface area contributed by atoms with Gasteiger partial charge in [-0.05, 0) is 60.9 Å². The van der Waals surface area contributed by atoms with Crippen LogP contribution in [-0.4, -0.2) is 15.3 Å². The first-order chi connectivity index (χ1) is 14.0. The van der Waals surface area contributed by atoms with Crippen LogP contribution in [-0.2, 0) is 4.79 Å². The first kappa shape index (κ1) is 19.0. The third kappa shape index (κ3) is 4.23. The Hall–Kier alpha value is -3.37. The molecule has 5 heteroatoms. The molecule has 2 aromatic heterocycles. The molecule has 0 saturated carbocycles. The van der Waals surface area contributed by atoms with Crippen LogP contribution in [0.3, 0.4) is 0 Å². The van der Waals surface area contributed by atoms with Crippen molar-refractivity contribution < 1.29 is 4.79 Å². The van der Waals surface area contributed by atoms with Gasteiger partial charge in [0.05, 0.1) is 5.69 Å². The molecule has 0 atom stereocenters. The summed E-state index contributed by atoms with van der Waals surface area (Å²) in [6.07, 6.45) is 7.18. The van der Waals surface area contributed by atoms with E-state index in [2.05, 4.69) is 5.32 Å². The van der Waals surface area contributed by atoms with Gasteiger partial charge in [-0.15, -0.1) is 0 Å². The van der Waals surface area contributed by atoms with Crippen molar-refractivity contribution in [1.29, 1.82) is 0 Å². The molecule has 0 spiro atoms. The summed E-state index contributed by atoms with van der Waals surface area (Å²) in [7, 11) is 0. The lowest BCUT2D eigenvalue weighted by atomic mass is 10.1. The van der Waals surface area contributed by atoms with Crippen molar-refractivity contribution in [3.8, 4) is 11.3 Å². The molecule has 0 fully saturated rings. The number of imidazole rings is 1. The summed E-state index contributed by atoms with van der Waals surface area (Å²) in [5.41, 5.74) is 6.40. The molecular formula is C24H20ClN3O. The number of rotatable bonds is 4. The van der Waals surface area contributed by atoms with Crippen LogP contribution >= 0.6 is 11.6 Å². The molecule has 144 valence electrons. The largest absolute Gasteiger partial charge is 0.322 e. The number of fused-ring (bicyclic) bond motifs is 1. The van der Waals surface area contributed by atoms with Crippen molar-refractivity contribution in [3.63, 3.8) is 0 Å². The molecular weight excluding hydrogens is 382 g/mol. The minimum atomic E-state index is -0.212. The number of pyridine rings is 1. The number of aryl methyl sites for hydroxylation is 2. The van der Waals surface area contributed by atoms with Crippen LogP contribution in [0.1, 0.15) is 16.7 Å². The van der Waals surface area contributed by atoms with Gasteiger partial charge in [-0.25, -0.2) is 4.98 Å². The quantitative estimate of drug-likeness (QED) is 0.431. The van der Waals surface area contributed by atoms with E-state index in [9.17, 15) is 4.79 Å². The standard InChI is InChI=1S/C24H20ClN3O/c1-16-11-12-28-15-22(26-23(28)13-16)19-8-7-17(2)21(14-19)27-24(29)10-9-18-5-3-4-6-20(18)25/h3-15H,1-2H3,(H,27,29)/b10-9+. The molecule has 4 aromatic rings. The van der Waals surface area contributed by atoms with Gasteiger partial charge in [0, 0.05) is 34.7 Å². The third-order valence-electron chi connectivity index (χ3n) is 4.73. The Morgan fingerprint density at radius 3 is 2.76 bits per heavy atom. The SMILES string of the molecule is Cc1ccn2cc(-c3ccc(C)c(NC(=O)/C=C/c4ccccc4Cl)c3)nc2c1. The summed E-state index contributed by atoms with van der Waals surface area (Å²) in [5, 5.41) is 3.56. The van der Waals surface area contributed by atoms with Crippen molar-refractivity contribution in [1.82, 2.24) is 9.38 Å². The van der Waals surface area contributed by atoms with E-state index < -0.39 is 0 Å². The van der Waals surface area contributed by atoms with Gasteiger partial charge in [0.2, 0.25) is 5.91 Å². The molecule has 0 aliphatic carbocycles. The Bertz CT molecular complexity index is 1240. The van der Waals surface area contributed by atoms with Crippen LogP contribution in [0.5, 0.6) is 0 Å². The zero-order valence-corrected chi connectivity index (χ0v) is 16.9. The Kier molecular flexibility index (Phi) is 5.19. The van der Waals surface area contributed by atoms with Crippen molar-refractivity contribution in [3.05, 3.63) is 94.8 Å². The van der Waals surface area contributed by atoms with Gasteiger partial charge in [0.15, 0.2) is 0 Å². The smallest absolute Gasteiger partial charge is 0.248 e. The molecule has 0 aliphatic heterocycles. The zero-order chi connectivity index (χ0) is 20.4. The van der Waals surface area contributed by atoms with Gasteiger partial charge in [-0.3, -0.25) is 4.79 Å². The van der Waals surface area contributed by atoms with E-state index in [1.54, 1.807) is 12.1 Å². The highest BCUT2D eigenvalue weighted by Crippen LogP contribution is 2.26. The van der Waals surface area contributed by atoms with Gasteiger partial charge in [-0.2, -0.15) is 0 Å². The number of benzene rings is 2. The molecule has 2 aromatic carbocycles. The average Bonchev–Trinajstić information content (AvgIpc) is 3.12. The van der Waals surface area contributed by atoms with E-state index in [1.807, 2.05) is 79.2 Å². The Morgan fingerprint density at radius 1 is 1.10 bits per heavy atom. The zero-order valence-electron chi connectivity index (χ0n) is 16.2. The number of amides is 1. The van der Waals surface area contributed by atoms with Crippen LogP contribution < -0.4 is 5.32 Å². The molecule has 0 unspecified atom stereocenters. The fraction of sp³-hybridized carbons (Fsp3) is 0.0833. The second-order valence-corrected chi connectivity index (χ2v) is 7.38. The summed E-state index contributed by atoms with van der Waals surface area (Å²) in [6, 6.07) is 17.4. The predicted molar refractivity (Wildman–Crippen MR) is 119 cm³/mol. The molecule has 0 radical (unpaired) electrons. The predicted octanol–water partition coefficient (Wildman–Crippen LogP) is 5.92. The van der Waals surface area contributed by atoms with Crippen LogP contribution in [0.2, 0.25) is 5.02 Å². The highest BCUT2D eigenvalue weighted by atomic mass is 35.5. The number of nitrogens with zero attached hydrogens (tertiary/aromatic N) is 2. The number of aromatic nitrogens is 2. The lowest BCUT2D eigenvalue weighted by Crippen LogP contribution is -2.09. The van der Waals surface area contributed by atoms with Crippen molar-refractivity contribution >= 4 is 34.9 Å². The van der Waals surface area contributed by atoms with Gasteiger partial charge in [-0.1, -0.05) is 41.9 Å². The Morgan fingerprint density at radius 2 is 1.93 bits per heavy atom. The molecule has 1 amide bonds. The second-order valence-electron chi connectivity index (χ2n) is 6.97. The fourth-order valence-electron chi connectivity index (χ4n) is 3.09. The molecule has 0 aliphatic rings. The normalized spacial score (nSPS) is 11.3. The maximum absolute atomic E-state index is 12.4. The Labute approximate surface area is 174 Å². The summed E-state index contributed by atoms with van der Waals surface area (Å²) >= 11 is 6.13. The van der Waals surface area contributed by atoms with Crippen molar-refractivity contribution in [2.75, 3.05) is 5.32 Å². The number of halogens is 1. The Balaban J connectivity index is 1.58. The van der Waals surface area contributed by atoms with E-state index >= 15 is 0 Å². The lowest BCUT2D eigenvalue weighted by Gasteiger charge is -2.08. The van der Waals surface area contributed by atoms with E-state index in [4.69, 9.17) is 16.6 Å². The van der Waals surface area contributed by atoms with E-state index in [-0.39, 0.29) is 5.91 Å². The summed E-state index contributed by atoms with van der Waals surface area (Å²) in [4.78, 5) is 17.1. The minimum Gasteiger partial charge on any atom is -0.322 e. The summed E-state index contributed by atoms with van der Waals surface area (Å²) in [6.45, 7) is 4.01. The first-order valence-corrected chi connectivity index (χ1v) is 9.67. The van der Waals surface area contributed by atoms with E-state index in [1.165, 1.54) is 6.08 Å². The van der Waals surface area contributed by atoms with E-state index in [0.29, 0.717) is 5.02 Å². The molecule has 4 rings (SSSR count). The van der Waals surface area contributed by atoms with Gasteiger partial charge in [0.1, 0.15) is 5.65 Å². The highest BCUT2D eigenvalue weighted by molar-refractivity contribution is 6.32. The number of carbonyl (C=O) groups excluding carboxylic acids is 1. The second kappa shape index (κ2) is 7.94. The summed E-state index contributed by atoms with van der Waals surface area (Å²) < 4.78 is 1.99. The fourth-order valence-corrected chi connectivity index (χ4v) is 3.29. The first-order valence-electron chi connectivity index (χ1n) is 9.29. The average molecular weight is 402 g/mol. The van der Waals surface area contributed by atoms with E-state index in [0.717, 1.165) is 39.3 Å². The topological polar surface area (TPSA) is 46.4 Å². The van der Waals surface area contributed by atoms with Crippen LogP contribution in [0.4, 0.5) is 5.69 Å². The summed E-state index contributed by atoms with van der Waals surface area (Å²) in [5.74, 6) is -0.212. The molecule has 2 heterocycles. The maximum atomic E-state index is 12.4. The van der Waals surface area contributed by atoms with Crippen LogP contribution in [0, 0.1) is 13.8 Å². The molecule has 0 saturated heterocycles. The van der Waals surface area contributed by atoms with Gasteiger partial charge >= 0.3 is 0 Å². The molecule has 0 bridgehead atoms. The van der Waals surface area contributed by atoms with Crippen molar-refractivity contribution in [2.24, 2.45) is 0 Å². The van der Waals surface area contributed by atoms with Gasteiger partial charge in [0.25, 0.3) is 0 Å². The monoisotopic (exact) mass is 401 g/mol. The minimum absolute atomic E-state index is 0.212.